The second-order valence-corrected chi connectivity index (χ2v) is 7.53. The van der Waals surface area contributed by atoms with E-state index in [-0.39, 0.29) is 11.8 Å². The predicted octanol–water partition coefficient (Wildman–Crippen LogP) is 4.63. The van der Waals surface area contributed by atoms with Crippen LogP contribution >= 0.6 is 23.4 Å². The van der Waals surface area contributed by atoms with Crippen LogP contribution in [0.1, 0.15) is 36.1 Å². The fourth-order valence-corrected chi connectivity index (χ4v) is 3.15. The summed E-state index contributed by atoms with van der Waals surface area (Å²) in [5.74, 6) is 0.532. The largest absolute Gasteiger partial charge is 0.340 e. The number of thioether (sulfide) groups is 1. The number of rotatable bonds is 6. The van der Waals surface area contributed by atoms with E-state index in [1.54, 1.807) is 42.4 Å². The minimum absolute atomic E-state index is 0.0404. The molecule has 3 aromatic rings. The zero-order chi connectivity index (χ0) is 19.4. The zero-order valence-corrected chi connectivity index (χ0v) is 16.7. The molecule has 0 aliphatic rings. The molecular formula is C19H19ClN4O2S. The molecule has 0 radical (unpaired) electrons. The van der Waals surface area contributed by atoms with Crippen molar-refractivity contribution in [1.29, 1.82) is 0 Å². The third-order valence-corrected chi connectivity index (χ3v) is 5.05. The molecular weight excluding hydrogens is 384 g/mol. The number of carbonyl (C=O) groups excluding carboxylic acids is 1. The molecule has 27 heavy (non-hydrogen) atoms. The van der Waals surface area contributed by atoms with Crippen LogP contribution in [0.2, 0.25) is 5.02 Å². The van der Waals surface area contributed by atoms with Crippen LogP contribution in [0.3, 0.4) is 0 Å². The Morgan fingerprint density at radius 3 is 2.78 bits per heavy atom. The highest BCUT2D eigenvalue weighted by Crippen LogP contribution is 2.26. The van der Waals surface area contributed by atoms with Crippen molar-refractivity contribution in [3.8, 4) is 11.4 Å². The first-order valence-corrected chi connectivity index (χ1v) is 9.98. The number of benzene rings is 1. The first kappa shape index (κ1) is 19.4. The Hall–Kier alpha value is -2.38. The van der Waals surface area contributed by atoms with Gasteiger partial charge in [0.15, 0.2) is 0 Å². The van der Waals surface area contributed by atoms with Gasteiger partial charge in [0.05, 0.1) is 10.6 Å². The highest BCUT2D eigenvalue weighted by atomic mass is 35.5. The molecule has 0 saturated carbocycles. The zero-order valence-electron chi connectivity index (χ0n) is 15.1. The first-order valence-electron chi connectivity index (χ1n) is 8.38. The number of nitrogens with zero attached hydrogens (tertiary/aromatic N) is 3. The summed E-state index contributed by atoms with van der Waals surface area (Å²) in [5.41, 5.74) is 1.17. The highest BCUT2D eigenvalue weighted by molar-refractivity contribution is 7.98. The molecule has 8 heteroatoms. The number of carbonyl (C=O) groups is 1. The van der Waals surface area contributed by atoms with Crippen LogP contribution in [0.15, 0.2) is 52.1 Å². The van der Waals surface area contributed by atoms with Crippen molar-refractivity contribution >= 4 is 29.3 Å². The van der Waals surface area contributed by atoms with Crippen LogP contribution in [0, 0.1) is 5.92 Å². The van der Waals surface area contributed by atoms with Gasteiger partial charge < -0.3 is 9.84 Å². The number of halogens is 1. The van der Waals surface area contributed by atoms with Gasteiger partial charge in [-0.05, 0) is 42.5 Å². The summed E-state index contributed by atoms with van der Waals surface area (Å²) >= 11 is 7.76. The van der Waals surface area contributed by atoms with E-state index < -0.39 is 6.04 Å². The van der Waals surface area contributed by atoms with E-state index in [4.69, 9.17) is 16.1 Å². The van der Waals surface area contributed by atoms with E-state index in [2.05, 4.69) is 20.4 Å². The molecule has 6 nitrogen and oxygen atoms in total. The van der Waals surface area contributed by atoms with Crippen LogP contribution in [0.5, 0.6) is 0 Å². The molecule has 1 amide bonds. The summed E-state index contributed by atoms with van der Waals surface area (Å²) in [7, 11) is 0. The Morgan fingerprint density at radius 2 is 2.11 bits per heavy atom. The topological polar surface area (TPSA) is 80.9 Å². The van der Waals surface area contributed by atoms with E-state index in [1.165, 1.54) is 0 Å². The lowest BCUT2D eigenvalue weighted by atomic mass is 10.0. The van der Waals surface area contributed by atoms with Gasteiger partial charge in [-0.1, -0.05) is 30.6 Å². The smallest absolute Gasteiger partial charge is 0.253 e. The maximum absolute atomic E-state index is 12.8. The average molecular weight is 403 g/mol. The molecule has 0 bridgehead atoms. The molecule has 0 spiro atoms. The highest BCUT2D eigenvalue weighted by Gasteiger charge is 2.26. The van der Waals surface area contributed by atoms with Crippen LogP contribution in [0.25, 0.3) is 11.4 Å². The number of nitrogens with one attached hydrogen (secondary N) is 1. The number of amides is 1. The van der Waals surface area contributed by atoms with Crippen molar-refractivity contribution in [2.75, 3.05) is 6.26 Å². The molecule has 2 aromatic heterocycles. The average Bonchev–Trinajstić information content (AvgIpc) is 3.16. The molecule has 1 aromatic carbocycles. The SMILES string of the molecule is CSc1ccc(Cl)c(C(=O)NC(c2nc(-c3cccnc3)no2)C(C)C)c1. The monoisotopic (exact) mass is 402 g/mol. The van der Waals surface area contributed by atoms with Gasteiger partial charge in [-0.15, -0.1) is 11.8 Å². The Bertz CT molecular complexity index is 930. The Balaban J connectivity index is 1.85. The predicted molar refractivity (Wildman–Crippen MR) is 106 cm³/mol. The van der Waals surface area contributed by atoms with Crippen molar-refractivity contribution in [1.82, 2.24) is 20.4 Å². The molecule has 2 heterocycles. The molecule has 3 rings (SSSR count). The first-order chi connectivity index (χ1) is 13.0. The van der Waals surface area contributed by atoms with Crippen molar-refractivity contribution in [2.45, 2.75) is 24.8 Å². The Labute approximate surface area is 166 Å². The third kappa shape index (κ3) is 4.48. The Morgan fingerprint density at radius 1 is 1.30 bits per heavy atom. The summed E-state index contributed by atoms with van der Waals surface area (Å²) in [4.78, 5) is 22.2. The number of aromatic nitrogens is 3. The summed E-state index contributed by atoms with van der Waals surface area (Å²) in [6.07, 6.45) is 5.28. The van der Waals surface area contributed by atoms with Crippen LogP contribution in [0.4, 0.5) is 0 Å². The maximum Gasteiger partial charge on any atom is 0.253 e. The normalized spacial score (nSPS) is 12.2. The van der Waals surface area contributed by atoms with Crippen molar-refractivity contribution < 1.29 is 9.32 Å². The standard InChI is InChI=1S/C19H19ClN4O2S/c1-11(2)16(19-23-17(24-26-19)12-5-4-8-21-10-12)22-18(25)14-9-13(27-3)6-7-15(14)20/h4-11,16H,1-3H3,(H,22,25). The third-order valence-electron chi connectivity index (χ3n) is 4.00. The van der Waals surface area contributed by atoms with Crippen LogP contribution in [-0.2, 0) is 0 Å². The lowest BCUT2D eigenvalue weighted by Gasteiger charge is -2.19. The summed E-state index contributed by atoms with van der Waals surface area (Å²) < 4.78 is 5.41. The van der Waals surface area contributed by atoms with Gasteiger partial charge in [0.1, 0.15) is 6.04 Å². The van der Waals surface area contributed by atoms with Gasteiger partial charge in [0, 0.05) is 22.9 Å². The lowest BCUT2D eigenvalue weighted by Crippen LogP contribution is -2.32. The molecule has 0 fully saturated rings. The van der Waals surface area contributed by atoms with E-state index >= 15 is 0 Å². The van der Waals surface area contributed by atoms with E-state index in [0.717, 1.165) is 10.5 Å². The molecule has 1 N–H and O–H groups in total. The fraction of sp³-hybridized carbons (Fsp3) is 0.263. The summed E-state index contributed by atoms with van der Waals surface area (Å²) in [6, 6.07) is 8.58. The molecule has 140 valence electrons. The van der Waals surface area contributed by atoms with E-state index in [0.29, 0.717) is 22.3 Å². The van der Waals surface area contributed by atoms with Gasteiger partial charge in [0.25, 0.3) is 5.91 Å². The minimum atomic E-state index is -0.440. The van der Waals surface area contributed by atoms with E-state index in [1.807, 2.05) is 32.2 Å². The lowest BCUT2D eigenvalue weighted by molar-refractivity contribution is 0.0914. The number of hydrogen-bond acceptors (Lipinski definition) is 6. The van der Waals surface area contributed by atoms with Gasteiger partial charge >= 0.3 is 0 Å². The number of pyridine rings is 1. The van der Waals surface area contributed by atoms with Crippen LogP contribution in [-0.4, -0.2) is 27.3 Å². The quantitative estimate of drug-likeness (QED) is 0.605. The molecule has 0 aliphatic heterocycles. The molecule has 0 aliphatic carbocycles. The number of hydrogen-bond donors (Lipinski definition) is 1. The second-order valence-electron chi connectivity index (χ2n) is 6.24. The van der Waals surface area contributed by atoms with Gasteiger partial charge in [-0.3, -0.25) is 9.78 Å². The van der Waals surface area contributed by atoms with Gasteiger partial charge in [-0.25, -0.2) is 0 Å². The van der Waals surface area contributed by atoms with Gasteiger partial charge in [0.2, 0.25) is 11.7 Å². The minimum Gasteiger partial charge on any atom is -0.340 e. The summed E-state index contributed by atoms with van der Waals surface area (Å²) in [6.45, 7) is 3.94. The van der Waals surface area contributed by atoms with Crippen LogP contribution < -0.4 is 5.32 Å². The molecule has 1 unspecified atom stereocenters. The van der Waals surface area contributed by atoms with Crippen molar-refractivity contribution in [3.05, 3.63) is 59.2 Å². The second kappa shape index (κ2) is 8.54. The van der Waals surface area contributed by atoms with Gasteiger partial charge in [-0.2, -0.15) is 4.98 Å². The molecule has 0 saturated heterocycles. The van der Waals surface area contributed by atoms with E-state index in [9.17, 15) is 4.79 Å². The Kier molecular flexibility index (Phi) is 6.13. The summed E-state index contributed by atoms with van der Waals surface area (Å²) in [5, 5.41) is 7.37. The maximum atomic E-state index is 12.8. The fourth-order valence-electron chi connectivity index (χ4n) is 2.51. The molecule has 1 atom stereocenters. The van der Waals surface area contributed by atoms with Crippen molar-refractivity contribution in [2.24, 2.45) is 5.92 Å². The van der Waals surface area contributed by atoms with Crippen molar-refractivity contribution in [3.63, 3.8) is 0 Å².